The van der Waals surface area contributed by atoms with Crippen molar-refractivity contribution >= 4 is 36.7 Å². The number of aromatic amines is 1. The molecule has 0 saturated carbocycles. The predicted octanol–water partition coefficient (Wildman–Crippen LogP) is 3.16. The van der Waals surface area contributed by atoms with Gasteiger partial charge in [0.25, 0.3) is 0 Å². The number of aromatic nitrogens is 2. The van der Waals surface area contributed by atoms with Crippen LogP contribution in [0.3, 0.4) is 0 Å². The number of nitrogens with zero attached hydrogens (tertiary/aromatic N) is 1. The molecular weight excluding hydrogens is 328 g/mol. The van der Waals surface area contributed by atoms with Crippen molar-refractivity contribution in [1.82, 2.24) is 10.2 Å². The standard InChI is InChI=1S/C13H9BrN2O2S/c14-10-6-2-4-8-12(10)19(17,18)13-9-5-1-3-7-11(9)15-16-13/h1-8H,(H,15,16). The second-order valence-electron chi connectivity index (χ2n) is 4.00. The summed E-state index contributed by atoms with van der Waals surface area (Å²) in [6, 6.07) is 13.8. The number of sulfone groups is 1. The minimum Gasteiger partial charge on any atom is -0.266 e. The minimum atomic E-state index is -3.62. The van der Waals surface area contributed by atoms with Crippen LogP contribution < -0.4 is 0 Å². The van der Waals surface area contributed by atoms with Crippen molar-refractivity contribution in [2.24, 2.45) is 0 Å². The van der Waals surface area contributed by atoms with Crippen LogP contribution in [0, 0.1) is 0 Å². The lowest BCUT2D eigenvalue weighted by Crippen LogP contribution is -2.03. The Kier molecular flexibility index (Phi) is 2.91. The fourth-order valence-electron chi connectivity index (χ4n) is 1.91. The molecule has 3 rings (SSSR count). The maximum absolute atomic E-state index is 12.6. The summed E-state index contributed by atoms with van der Waals surface area (Å²) in [5, 5.41) is 7.36. The van der Waals surface area contributed by atoms with E-state index in [9.17, 15) is 8.42 Å². The molecule has 1 heterocycles. The third-order valence-electron chi connectivity index (χ3n) is 2.82. The van der Waals surface area contributed by atoms with Gasteiger partial charge >= 0.3 is 0 Å². The van der Waals surface area contributed by atoms with E-state index in [0.717, 1.165) is 0 Å². The lowest BCUT2D eigenvalue weighted by molar-refractivity contribution is 0.592. The number of nitrogens with one attached hydrogen (secondary N) is 1. The van der Waals surface area contributed by atoms with Crippen molar-refractivity contribution in [3.05, 3.63) is 53.0 Å². The molecule has 1 N–H and O–H groups in total. The van der Waals surface area contributed by atoms with Gasteiger partial charge < -0.3 is 0 Å². The zero-order chi connectivity index (χ0) is 13.5. The lowest BCUT2D eigenvalue weighted by Gasteiger charge is -2.04. The Morgan fingerprint density at radius 2 is 1.68 bits per heavy atom. The summed E-state index contributed by atoms with van der Waals surface area (Å²) in [6.07, 6.45) is 0. The molecule has 0 amide bonds. The van der Waals surface area contributed by atoms with Gasteiger partial charge in [-0.1, -0.05) is 24.3 Å². The number of hydrogen-bond donors (Lipinski definition) is 1. The Bertz CT molecular complexity index is 856. The van der Waals surface area contributed by atoms with Gasteiger partial charge in [0.05, 0.1) is 10.4 Å². The monoisotopic (exact) mass is 336 g/mol. The van der Waals surface area contributed by atoms with E-state index < -0.39 is 9.84 Å². The molecule has 0 aliphatic heterocycles. The molecule has 4 nitrogen and oxygen atoms in total. The van der Waals surface area contributed by atoms with Crippen molar-refractivity contribution < 1.29 is 8.42 Å². The summed E-state index contributed by atoms with van der Waals surface area (Å²) in [6.45, 7) is 0. The number of rotatable bonds is 2. The number of para-hydroxylation sites is 1. The maximum Gasteiger partial charge on any atom is 0.225 e. The van der Waals surface area contributed by atoms with Gasteiger partial charge in [-0.25, -0.2) is 8.42 Å². The van der Waals surface area contributed by atoms with Crippen LogP contribution in [-0.4, -0.2) is 18.6 Å². The molecule has 0 radical (unpaired) electrons. The maximum atomic E-state index is 12.6. The van der Waals surface area contributed by atoms with Gasteiger partial charge in [-0.3, -0.25) is 5.10 Å². The van der Waals surface area contributed by atoms with Gasteiger partial charge in [0, 0.05) is 9.86 Å². The van der Waals surface area contributed by atoms with E-state index in [2.05, 4.69) is 26.1 Å². The number of hydrogen-bond acceptors (Lipinski definition) is 3. The van der Waals surface area contributed by atoms with Crippen LogP contribution in [-0.2, 0) is 9.84 Å². The average molecular weight is 337 g/mol. The average Bonchev–Trinajstić information content (AvgIpc) is 2.83. The molecular formula is C13H9BrN2O2S. The third-order valence-corrected chi connectivity index (χ3v) is 5.56. The van der Waals surface area contributed by atoms with Crippen LogP contribution in [0.1, 0.15) is 0 Å². The van der Waals surface area contributed by atoms with Gasteiger partial charge in [-0.05, 0) is 40.2 Å². The van der Waals surface area contributed by atoms with E-state index in [1.165, 1.54) is 0 Å². The third kappa shape index (κ3) is 1.97. The zero-order valence-electron chi connectivity index (χ0n) is 9.67. The molecule has 0 aliphatic carbocycles. The first-order chi connectivity index (χ1) is 9.10. The summed E-state index contributed by atoms with van der Waals surface area (Å²) >= 11 is 3.27. The van der Waals surface area contributed by atoms with Crippen LogP contribution in [0.2, 0.25) is 0 Å². The Morgan fingerprint density at radius 3 is 2.47 bits per heavy atom. The highest BCUT2D eigenvalue weighted by atomic mass is 79.9. The largest absolute Gasteiger partial charge is 0.266 e. The first kappa shape index (κ1) is 12.4. The van der Waals surface area contributed by atoms with Crippen LogP contribution in [0.5, 0.6) is 0 Å². The van der Waals surface area contributed by atoms with Gasteiger partial charge in [-0.15, -0.1) is 0 Å². The summed E-state index contributed by atoms with van der Waals surface area (Å²) in [7, 11) is -3.62. The summed E-state index contributed by atoms with van der Waals surface area (Å²) in [4.78, 5) is 0.226. The number of benzene rings is 2. The van der Waals surface area contributed by atoms with E-state index in [0.29, 0.717) is 15.4 Å². The Hall–Kier alpha value is -1.66. The fraction of sp³-hybridized carbons (Fsp3) is 0. The summed E-state index contributed by atoms with van der Waals surface area (Å²) in [5.74, 6) is 0. The van der Waals surface area contributed by atoms with E-state index in [4.69, 9.17) is 0 Å². The highest BCUT2D eigenvalue weighted by Gasteiger charge is 2.24. The van der Waals surface area contributed by atoms with E-state index >= 15 is 0 Å². The summed E-state index contributed by atoms with van der Waals surface area (Å²) < 4.78 is 25.8. The molecule has 0 aliphatic rings. The Labute approximate surface area is 118 Å². The van der Waals surface area contributed by atoms with E-state index in [1.54, 1.807) is 42.5 Å². The molecule has 0 saturated heterocycles. The first-order valence-electron chi connectivity index (χ1n) is 5.53. The van der Waals surface area contributed by atoms with E-state index in [1.807, 2.05) is 6.07 Å². The van der Waals surface area contributed by atoms with Gasteiger partial charge in [0.1, 0.15) is 0 Å². The van der Waals surface area contributed by atoms with Crippen molar-refractivity contribution in [2.75, 3.05) is 0 Å². The Balaban J connectivity index is 2.29. The number of halogens is 1. The fourth-order valence-corrected chi connectivity index (χ4v) is 4.27. The lowest BCUT2D eigenvalue weighted by atomic mass is 10.3. The van der Waals surface area contributed by atoms with Crippen LogP contribution >= 0.6 is 15.9 Å². The van der Waals surface area contributed by atoms with E-state index in [-0.39, 0.29) is 9.92 Å². The SMILES string of the molecule is O=S(=O)(c1ccccc1Br)c1[nH]nc2ccccc12. The zero-order valence-corrected chi connectivity index (χ0v) is 12.1. The quantitative estimate of drug-likeness (QED) is 0.781. The second kappa shape index (κ2) is 4.47. The van der Waals surface area contributed by atoms with Crippen molar-refractivity contribution in [2.45, 2.75) is 9.92 Å². The van der Waals surface area contributed by atoms with Gasteiger partial charge in [0.2, 0.25) is 9.84 Å². The summed E-state index contributed by atoms with van der Waals surface area (Å²) in [5.41, 5.74) is 0.633. The molecule has 1 aromatic heterocycles. The first-order valence-corrected chi connectivity index (χ1v) is 7.81. The van der Waals surface area contributed by atoms with Gasteiger partial charge in [-0.2, -0.15) is 5.10 Å². The molecule has 0 bridgehead atoms. The predicted molar refractivity (Wildman–Crippen MR) is 75.7 cm³/mol. The molecule has 0 fully saturated rings. The number of H-pyrrole nitrogens is 1. The molecule has 19 heavy (non-hydrogen) atoms. The van der Waals surface area contributed by atoms with Crippen LogP contribution in [0.4, 0.5) is 0 Å². The van der Waals surface area contributed by atoms with Crippen molar-refractivity contribution in [3.8, 4) is 0 Å². The molecule has 0 spiro atoms. The second-order valence-corrected chi connectivity index (χ2v) is 6.71. The molecule has 2 aromatic carbocycles. The molecule has 3 aromatic rings. The smallest absolute Gasteiger partial charge is 0.225 e. The number of fused-ring (bicyclic) bond motifs is 1. The van der Waals surface area contributed by atoms with Gasteiger partial charge in [0.15, 0.2) is 5.03 Å². The van der Waals surface area contributed by atoms with Crippen LogP contribution in [0.25, 0.3) is 10.9 Å². The Morgan fingerprint density at radius 1 is 1.00 bits per heavy atom. The minimum absolute atomic E-state index is 0.120. The topological polar surface area (TPSA) is 62.8 Å². The van der Waals surface area contributed by atoms with Crippen LogP contribution in [0.15, 0.2) is 62.9 Å². The molecule has 0 unspecified atom stereocenters. The van der Waals surface area contributed by atoms with Crippen molar-refractivity contribution in [3.63, 3.8) is 0 Å². The molecule has 96 valence electrons. The van der Waals surface area contributed by atoms with Crippen molar-refractivity contribution in [1.29, 1.82) is 0 Å². The highest BCUT2D eigenvalue weighted by Crippen LogP contribution is 2.30. The molecule has 6 heteroatoms. The normalized spacial score (nSPS) is 11.8. The molecule has 0 atom stereocenters. The highest BCUT2D eigenvalue weighted by molar-refractivity contribution is 9.10.